The number of aliphatic carboxylic acids is 3. The summed E-state index contributed by atoms with van der Waals surface area (Å²) in [6.45, 7) is 1.18. The predicted molar refractivity (Wildman–Crippen MR) is 133 cm³/mol. The molecule has 0 saturated carbocycles. The van der Waals surface area contributed by atoms with Crippen LogP contribution in [0, 0.1) is 0 Å². The Morgan fingerprint density at radius 1 is 0.842 bits per heavy atom. The van der Waals surface area contributed by atoms with E-state index in [9.17, 15) is 28.8 Å². The SMILES string of the molecule is CC(NC(=O)C(CCC(=O)O)NC(=O)C(CCC(=O)O)NC(=O)C(N)Cc1c[nH]c2ccccc12)C(=O)O. The summed E-state index contributed by atoms with van der Waals surface area (Å²) < 4.78 is 0. The minimum atomic E-state index is -1.45. The van der Waals surface area contributed by atoms with Gasteiger partial charge >= 0.3 is 17.9 Å². The van der Waals surface area contributed by atoms with Gasteiger partial charge in [0.15, 0.2) is 0 Å². The fraction of sp³-hybridized carbons (Fsp3) is 0.417. The van der Waals surface area contributed by atoms with Gasteiger partial charge in [-0.05, 0) is 37.8 Å². The van der Waals surface area contributed by atoms with Crippen LogP contribution in [0.1, 0.15) is 38.2 Å². The number of carbonyl (C=O) groups is 6. The Bertz CT molecular complexity index is 1190. The fourth-order valence-electron chi connectivity index (χ4n) is 3.63. The lowest BCUT2D eigenvalue weighted by molar-refractivity contribution is -0.142. The first kappa shape index (κ1) is 29.8. The number of para-hydroxylation sites is 1. The third-order valence-electron chi connectivity index (χ3n) is 5.74. The first-order chi connectivity index (χ1) is 17.9. The van der Waals surface area contributed by atoms with Gasteiger partial charge in [0.05, 0.1) is 6.04 Å². The van der Waals surface area contributed by atoms with E-state index in [0.717, 1.165) is 16.5 Å². The van der Waals surface area contributed by atoms with Gasteiger partial charge < -0.3 is 42.0 Å². The molecule has 0 aliphatic heterocycles. The summed E-state index contributed by atoms with van der Waals surface area (Å²) in [6.07, 6.45) is 0.0695. The van der Waals surface area contributed by atoms with Crippen LogP contribution < -0.4 is 21.7 Å². The van der Waals surface area contributed by atoms with Gasteiger partial charge in [0.2, 0.25) is 17.7 Å². The largest absolute Gasteiger partial charge is 0.481 e. The van der Waals surface area contributed by atoms with Crippen LogP contribution in [-0.2, 0) is 35.2 Å². The number of nitrogens with two attached hydrogens (primary N) is 1. The smallest absolute Gasteiger partial charge is 0.325 e. The molecule has 0 radical (unpaired) electrons. The summed E-state index contributed by atoms with van der Waals surface area (Å²) in [4.78, 5) is 74.6. The maximum Gasteiger partial charge on any atom is 0.325 e. The molecule has 4 atom stereocenters. The molecule has 9 N–H and O–H groups in total. The molecule has 1 aromatic heterocycles. The van der Waals surface area contributed by atoms with Crippen molar-refractivity contribution in [3.8, 4) is 0 Å². The number of aromatic nitrogens is 1. The molecule has 206 valence electrons. The highest BCUT2D eigenvalue weighted by Gasteiger charge is 2.30. The van der Waals surface area contributed by atoms with Crippen molar-refractivity contribution in [1.82, 2.24) is 20.9 Å². The number of benzene rings is 1. The molecule has 0 aliphatic carbocycles. The van der Waals surface area contributed by atoms with Crippen LogP contribution in [0.5, 0.6) is 0 Å². The Balaban J connectivity index is 2.14. The molecule has 38 heavy (non-hydrogen) atoms. The average molecular weight is 534 g/mol. The summed E-state index contributed by atoms with van der Waals surface area (Å²) in [5, 5.41) is 34.8. The van der Waals surface area contributed by atoms with Crippen molar-refractivity contribution in [3.63, 3.8) is 0 Å². The second kappa shape index (κ2) is 13.7. The van der Waals surface area contributed by atoms with Gasteiger partial charge in [0, 0.05) is 29.9 Å². The number of fused-ring (bicyclic) bond motifs is 1. The zero-order valence-electron chi connectivity index (χ0n) is 20.6. The molecule has 1 aromatic carbocycles. The predicted octanol–water partition coefficient (Wildman–Crippen LogP) is -0.674. The highest BCUT2D eigenvalue weighted by Crippen LogP contribution is 2.19. The molecule has 0 saturated heterocycles. The number of carboxylic acid groups (broad SMARTS) is 3. The second-order valence-electron chi connectivity index (χ2n) is 8.73. The van der Waals surface area contributed by atoms with E-state index in [-0.39, 0.29) is 19.3 Å². The molecule has 0 bridgehead atoms. The molecular weight excluding hydrogens is 502 g/mol. The van der Waals surface area contributed by atoms with Crippen molar-refractivity contribution in [2.75, 3.05) is 0 Å². The highest BCUT2D eigenvalue weighted by molar-refractivity contribution is 5.94. The number of carbonyl (C=O) groups excluding carboxylic acids is 3. The molecular formula is C24H31N5O9. The number of carboxylic acids is 3. The van der Waals surface area contributed by atoms with Crippen LogP contribution in [0.15, 0.2) is 30.5 Å². The number of hydrogen-bond donors (Lipinski definition) is 8. The van der Waals surface area contributed by atoms with Gasteiger partial charge in [-0.3, -0.25) is 28.8 Å². The lowest BCUT2D eigenvalue weighted by Crippen LogP contribution is -2.57. The number of amides is 3. The monoisotopic (exact) mass is 533 g/mol. The minimum Gasteiger partial charge on any atom is -0.481 e. The van der Waals surface area contributed by atoms with Gasteiger partial charge in [-0.15, -0.1) is 0 Å². The van der Waals surface area contributed by atoms with Crippen molar-refractivity contribution in [2.45, 2.75) is 63.2 Å². The van der Waals surface area contributed by atoms with Crippen LogP contribution in [0.4, 0.5) is 0 Å². The quantitative estimate of drug-likeness (QED) is 0.143. The van der Waals surface area contributed by atoms with Gasteiger partial charge in [-0.2, -0.15) is 0 Å². The molecule has 2 aromatic rings. The van der Waals surface area contributed by atoms with Gasteiger partial charge in [0.1, 0.15) is 18.1 Å². The minimum absolute atomic E-state index is 0.111. The van der Waals surface area contributed by atoms with Gasteiger partial charge in [0.25, 0.3) is 0 Å². The maximum absolute atomic E-state index is 13.0. The summed E-state index contributed by atoms with van der Waals surface area (Å²) in [5.74, 6) is -6.50. The van der Waals surface area contributed by atoms with E-state index in [4.69, 9.17) is 21.1 Å². The first-order valence-corrected chi connectivity index (χ1v) is 11.8. The first-order valence-electron chi connectivity index (χ1n) is 11.8. The molecule has 0 aliphatic rings. The van der Waals surface area contributed by atoms with Crippen molar-refractivity contribution in [1.29, 1.82) is 0 Å². The lowest BCUT2D eigenvalue weighted by atomic mass is 10.0. The van der Waals surface area contributed by atoms with E-state index in [1.54, 1.807) is 6.20 Å². The summed E-state index contributed by atoms with van der Waals surface area (Å²) in [7, 11) is 0. The van der Waals surface area contributed by atoms with E-state index in [0.29, 0.717) is 0 Å². The molecule has 0 fully saturated rings. The fourth-order valence-corrected chi connectivity index (χ4v) is 3.63. The van der Waals surface area contributed by atoms with Crippen LogP contribution in [-0.4, -0.2) is 80.1 Å². The molecule has 4 unspecified atom stereocenters. The van der Waals surface area contributed by atoms with E-state index >= 15 is 0 Å². The van der Waals surface area contributed by atoms with Crippen molar-refractivity contribution < 1.29 is 44.1 Å². The number of nitrogens with one attached hydrogen (secondary N) is 4. The Hall–Kier alpha value is -4.46. The van der Waals surface area contributed by atoms with Crippen molar-refractivity contribution in [2.24, 2.45) is 5.73 Å². The van der Waals surface area contributed by atoms with Crippen LogP contribution >= 0.6 is 0 Å². The lowest BCUT2D eigenvalue weighted by Gasteiger charge is -2.24. The van der Waals surface area contributed by atoms with Crippen LogP contribution in [0.2, 0.25) is 0 Å². The van der Waals surface area contributed by atoms with E-state index in [1.165, 1.54) is 6.92 Å². The second-order valence-corrected chi connectivity index (χ2v) is 8.73. The Labute approximate surface area is 217 Å². The molecule has 14 heteroatoms. The highest BCUT2D eigenvalue weighted by atomic mass is 16.4. The number of hydrogen-bond acceptors (Lipinski definition) is 7. The van der Waals surface area contributed by atoms with E-state index in [2.05, 4.69) is 20.9 Å². The molecule has 3 amide bonds. The summed E-state index contributed by atoms with van der Waals surface area (Å²) in [5.41, 5.74) is 7.66. The normalized spacial score (nSPS) is 14.1. The molecule has 1 heterocycles. The van der Waals surface area contributed by atoms with E-state index in [1.807, 2.05) is 24.3 Å². The third-order valence-corrected chi connectivity index (χ3v) is 5.74. The van der Waals surface area contributed by atoms with E-state index < -0.39 is 72.6 Å². The standard InChI is InChI=1S/C24H31N5O9/c1-12(24(37)38)27-22(35)17(6-8-19(30)31)29-23(36)18(7-9-20(32)33)28-21(34)15(25)10-13-11-26-16-5-3-2-4-14(13)16/h2-5,11-12,15,17-18,26H,6-10,25H2,1H3,(H,27,35)(H,28,34)(H,29,36)(H,30,31)(H,32,33)(H,37,38). The number of aromatic amines is 1. The van der Waals surface area contributed by atoms with Crippen LogP contribution in [0.25, 0.3) is 10.9 Å². The Morgan fingerprint density at radius 2 is 1.37 bits per heavy atom. The molecule has 0 spiro atoms. The summed E-state index contributed by atoms with van der Waals surface area (Å²) >= 11 is 0. The summed E-state index contributed by atoms with van der Waals surface area (Å²) in [6, 6.07) is 2.08. The molecule has 2 rings (SSSR count). The molecule has 14 nitrogen and oxygen atoms in total. The Kier molecular flexibility index (Phi) is 10.8. The zero-order valence-corrected chi connectivity index (χ0v) is 20.6. The van der Waals surface area contributed by atoms with Crippen molar-refractivity contribution >= 4 is 46.5 Å². The van der Waals surface area contributed by atoms with Crippen molar-refractivity contribution in [3.05, 3.63) is 36.0 Å². The average Bonchev–Trinajstić information content (AvgIpc) is 3.26. The maximum atomic E-state index is 13.0. The number of rotatable bonds is 15. The van der Waals surface area contributed by atoms with Crippen LogP contribution in [0.3, 0.4) is 0 Å². The third kappa shape index (κ3) is 8.89. The topological polar surface area (TPSA) is 241 Å². The van der Waals surface area contributed by atoms with Gasteiger partial charge in [-0.25, -0.2) is 0 Å². The number of H-pyrrole nitrogens is 1. The zero-order chi connectivity index (χ0) is 28.4. The Morgan fingerprint density at radius 3 is 1.92 bits per heavy atom. The van der Waals surface area contributed by atoms with Gasteiger partial charge in [-0.1, -0.05) is 18.2 Å².